The SMILES string of the molecule is CCc1nc2ccc(Br)cn2c1Cc1nc(-c2ccc(F)cc2)ns1. The minimum absolute atomic E-state index is 0.261. The molecule has 0 saturated heterocycles. The van der Waals surface area contributed by atoms with Gasteiger partial charge in [0.1, 0.15) is 16.5 Å². The van der Waals surface area contributed by atoms with Crippen LogP contribution in [0.4, 0.5) is 4.39 Å². The van der Waals surface area contributed by atoms with Gasteiger partial charge in [0.25, 0.3) is 0 Å². The monoisotopic (exact) mass is 416 g/mol. The Kier molecular flexibility index (Phi) is 4.35. The van der Waals surface area contributed by atoms with Crippen LogP contribution in [0.2, 0.25) is 0 Å². The number of hydrogen-bond donors (Lipinski definition) is 0. The molecule has 0 saturated carbocycles. The van der Waals surface area contributed by atoms with Crippen molar-refractivity contribution in [1.82, 2.24) is 18.7 Å². The molecular formula is C18H14BrFN4S. The number of rotatable bonds is 4. The fourth-order valence-electron chi connectivity index (χ4n) is 2.77. The van der Waals surface area contributed by atoms with Gasteiger partial charge in [0, 0.05) is 22.7 Å². The summed E-state index contributed by atoms with van der Waals surface area (Å²) in [5.41, 5.74) is 3.94. The number of aromatic nitrogens is 4. The van der Waals surface area contributed by atoms with Crippen molar-refractivity contribution in [3.05, 3.63) is 69.3 Å². The maximum absolute atomic E-state index is 13.1. The number of pyridine rings is 1. The van der Waals surface area contributed by atoms with Crippen LogP contribution in [-0.2, 0) is 12.8 Å². The number of aryl methyl sites for hydroxylation is 1. The summed E-state index contributed by atoms with van der Waals surface area (Å²) >= 11 is 4.89. The van der Waals surface area contributed by atoms with Crippen molar-refractivity contribution in [1.29, 1.82) is 0 Å². The van der Waals surface area contributed by atoms with Gasteiger partial charge in [-0.25, -0.2) is 14.4 Å². The van der Waals surface area contributed by atoms with E-state index in [1.165, 1.54) is 23.7 Å². The lowest BCUT2D eigenvalue weighted by atomic mass is 10.2. The highest BCUT2D eigenvalue weighted by atomic mass is 79.9. The third kappa shape index (κ3) is 3.21. The maximum atomic E-state index is 13.1. The van der Waals surface area contributed by atoms with Crippen molar-refractivity contribution >= 4 is 33.1 Å². The molecule has 0 fully saturated rings. The number of halogens is 2. The summed E-state index contributed by atoms with van der Waals surface area (Å²) in [6.07, 6.45) is 3.55. The summed E-state index contributed by atoms with van der Waals surface area (Å²) in [4.78, 5) is 9.32. The van der Waals surface area contributed by atoms with Crippen molar-refractivity contribution in [3.63, 3.8) is 0 Å². The van der Waals surface area contributed by atoms with Crippen molar-refractivity contribution in [3.8, 4) is 11.4 Å². The molecular weight excluding hydrogens is 403 g/mol. The van der Waals surface area contributed by atoms with E-state index in [4.69, 9.17) is 4.98 Å². The molecule has 126 valence electrons. The molecule has 0 aliphatic heterocycles. The van der Waals surface area contributed by atoms with Crippen LogP contribution in [0.5, 0.6) is 0 Å². The van der Waals surface area contributed by atoms with E-state index >= 15 is 0 Å². The van der Waals surface area contributed by atoms with E-state index in [1.54, 1.807) is 12.1 Å². The van der Waals surface area contributed by atoms with E-state index in [2.05, 4.69) is 36.6 Å². The fraction of sp³-hybridized carbons (Fsp3) is 0.167. The molecule has 0 radical (unpaired) electrons. The molecule has 0 spiro atoms. The van der Waals surface area contributed by atoms with Crippen LogP contribution in [0.15, 0.2) is 47.1 Å². The summed E-state index contributed by atoms with van der Waals surface area (Å²) in [6, 6.07) is 10.2. The number of hydrogen-bond acceptors (Lipinski definition) is 4. The topological polar surface area (TPSA) is 43.1 Å². The normalized spacial score (nSPS) is 11.3. The quantitative estimate of drug-likeness (QED) is 0.474. The van der Waals surface area contributed by atoms with Crippen molar-refractivity contribution < 1.29 is 4.39 Å². The third-order valence-corrected chi connectivity index (χ3v) is 5.17. The molecule has 0 N–H and O–H groups in total. The van der Waals surface area contributed by atoms with E-state index in [9.17, 15) is 4.39 Å². The number of fused-ring (bicyclic) bond motifs is 1. The molecule has 0 bridgehead atoms. The molecule has 0 aliphatic rings. The Hall–Kier alpha value is -2.12. The van der Waals surface area contributed by atoms with Crippen LogP contribution in [0.3, 0.4) is 0 Å². The van der Waals surface area contributed by atoms with E-state index in [1.807, 2.05) is 18.3 Å². The fourth-order valence-corrected chi connectivity index (χ4v) is 3.78. The molecule has 4 nitrogen and oxygen atoms in total. The summed E-state index contributed by atoms with van der Waals surface area (Å²) in [5, 5.41) is 0.913. The summed E-state index contributed by atoms with van der Waals surface area (Å²) < 4.78 is 20.6. The van der Waals surface area contributed by atoms with E-state index in [-0.39, 0.29) is 5.82 Å². The van der Waals surface area contributed by atoms with Crippen LogP contribution < -0.4 is 0 Å². The second kappa shape index (κ2) is 6.65. The van der Waals surface area contributed by atoms with Crippen molar-refractivity contribution in [2.24, 2.45) is 0 Å². The van der Waals surface area contributed by atoms with Gasteiger partial charge in [0.2, 0.25) is 0 Å². The smallest absolute Gasteiger partial charge is 0.173 e. The van der Waals surface area contributed by atoms with Crippen LogP contribution >= 0.6 is 27.5 Å². The Morgan fingerprint density at radius 2 is 1.92 bits per heavy atom. The lowest BCUT2D eigenvalue weighted by Gasteiger charge is -2.02. The standard InChI is InChI=1S/C18H14BrFN4S/c1-2-14-15(24-10-12(19)5-8-16(24)21-14)9-17-22-18(23-25-17)11-3-6-13(20)7-4-11/h3-8,10H,2,9H2,1H3. The number of nitrogens with zero attached hydrogens (tertiary/aromatic N) is 4. The zero-order chi connectivity index (χ0) is 17.4. The van der Waals surface area contributed by atoms with Gasteiger partial charge in [0.15, 0.2) is 5.82 Å². The van der Waals surface area contributed by atoms with Gasteiger partial charge in [0.05, 0.1) is 11.4 Å². The molecule has 0 atom stereocenters. The Bertz CT molecular complexity index is 1040. The van der Waals surface area contributed by atoms with Gasteiger partial charge >= 0.3 is 0 Å². The van der Waals surface area contributed by atoms with Crippen LogP contribution in [-0.4, -0.2) is 18.7 Å². The summed E-state index contributed by atoms with van der Waals surface area (Å²) in [7, 11) is 0. The highest BCUT2D eigenvalue weighted by Gasteiger charge is 2.15. The van der Waals surface area contributed by atoms with E-state index in [0.717, 1.165) is 38.5 Å². The van der Waals surface area contributed by atoms with Gasteiger partial charge in [-0.05, 0) is 70.3 Å². The Morgan fingerprint density at radius 1 is 1.12 bits per heavy atom. The Balaban J connectivity index is 1.70. The first-order chi connectivity index (χ1) is 12.1. The van der Waals surface area contributed by atoms with Gasteiger partial charge in [-0.3, -0.25) is 0 Å². The van der Waals surface area contributed by atoms with Crippen LogP contribution in [0, 0.1) is 5.82 Å². The largest absolute Gasteiger partial charge is 0.302 e. The molecule has 4 aromatic rings. The van der Waals surface area contributed by atoms with Gasteiger partial charge in [-0.15, -0.1) is 0 Å². The number of benzene rings is 1. The molecule has 7 heteroatoms. The third-order valence-electron chi connectivity index (χ3n) is 3.99. The highest BCUT2D eigenvalue weighted by molar-refractivity contribution is 9.10. The lowest BCUT2D eigenvalue weighted by molar-refractivity contribution is 0.628. The van der Waals surface area contributed by atoms with Gasteiger partial charge in [-0.2, -0.15) is 4.37 Å². The second-order valence-electron chi connectivity index (χ2n) is 5.63. The van der Waals surface area contributed by atoms with Gasteiger partial charge in [-0.1, -0.05) is 6.92 Å². The Morgan fingerprint density at radius 3 is 2.68 bits per heavy atom. The van der Waals surface area contributed by atoms with Crippen LogP contribution in [0.1, 0.15) is 23.3 Å². The summed E-state index contributed by atoms with van der Waals surface area (Å²) in [5.74, 6) is 0.371. The average molecular weight is 417 g/mol. The molecule has 4 rings (SSSR count). The first kappa shape index (κ1) is 16.4. The number of imidazole rings is 1. The molecule has 0 aliphatic carbocycles. The van der Waals surface area contributed by atoms with Crippen molar-refractivity contribution in [2.45, 2.75) is 19.8 Å². The molecule has 25 heavy (non-hydrogen) atoms. The zero-order valence-electron chi connectivity index (χ0n) is 13.4. The second-order valence-corrected chi connectivity index (χ2v) is 7.38. The zero-order valence-corrected chi connectivity index (χ0v) is 15.8. The predicted octanol–water partition coefficient (Wildman–Crippen LogP) is 4.91. The van der Waals surface area contributed by atoms with E-state index in [0.29, 0.717) is 12.2 Å². The molecule has 0 unspecified atom stereocenters. The van der Waals surface area contributed by atoms with Crippen LogP contribution in [0.25, 0.3) is 17.0 Å². The minimum Gasteiger partial charge on any atom is -0.302 e. The lowest BCUT2D eigenvalue weighted by Crippen LogP contribution is -1.98. The first-order valence-corrected chi connectivity index (χ1v) is 9.44. The molecule has 3 aromatic heterocycles. The Labute approximate surface area is 156 Å². The molecule has 1 aromatic carbocycles. The maximum Gasteiger partial charge on any atom is 0.173 e. The van der Waals surface area contributed by atoms with Gasteiger partial charge < -0.3 is 4.40 Å². The first-order valence-electron chi connectivity index (χ1n) is 7.88. The molecule has 3 heterocycles. The highest BCUT2D eigenvalue weighted by Crippen LogP contribution is 2.23. The summed E-state index contributed by atoms with van der Waals surface area (Å²) in [6.45, 7) is 2.10. The minimum atomic E-state index is -0.261. The molecule has 0 amide bonds. The average Bonchev–Trinajstić information content (AvgIpc) is 3.21. The van der Waals surface area contributed by atoms with Crippen molar-refractivity contribution in [2.75, 3.05) is 0 Å². The van der Waals surface area contributed by atoms with E-state index < -0.39 is 0 Å². The predicted molar refractivity (Wildman–Crippen MR) is 100 cm³/mol.